The van der Waals surface area contributed by atoms with E-state index >= 15 is 0 Å². The molecule has 1 aromatic heterocycles. The first-order chi connectivity index (χ1) is 15.4. The van der Waals surface area contributed by atoms with Crippen LogP contribution in [0.15, 0.2) is 23.6 Å². The molecule has 0 bridgehead atoms. The van der Waals surface area contributed by atoms with Crippen molar-refractivity contribution >= 4 is 17.6 Å². The molecular weight excluding hydrogens is 423 g/mol. The average molecular weight is 452 g/mol. The van der Waals surface area contributed by atoms with Crippen LogP contribution in [0.2, 0.25) is 0 Å². The van der Waals surface area contributed by atoms with E-state index in [9.17, 15) is 18.9 Å². The summed E-state index contributed by atoms with van der Waals surface area (Å²) in [7, 11) is 1.38. The molecular formula is C20H29FN6O5. The van der Waals surface area contributed by atoms with Crippen LogP contribution in [0.3, 0.4) is 0 Å². The van der Waals surface area contributed by atoms with E-state index in [-0.39, 0.29) is 31.1 Å². The highest BCUT2D eigenvalue weighted by molar-refractivity contribution is 5.94. The highest BCUT2D eigenvalue weighted by Crippen LogP contribution is 2.31. The molecule has 12 heteroatoms. The third-order valence-corrected chi connectivity index (χ3v) is 5.81. The first-order valence-corrected chi connectivity index (χ1v) is 10.6. The Bertz CT molecular complexity index is 798. The molecule has 11 nitrogen and oxygen atoms in total. The van der Waals surface area contributed by atoms with Gasteiger partial charge in [-0.2, -0.15) is 0 Å². The minimum Gasteiger partial charge on any atom is -0.488 e. The van der Waals surface area contributed by atoms with Crippen LogP contribution in [0.25, 0.3) is 0 Å². The Morgan fingerprint density at radius 2 is 1.97 bits per heavy atom. The molecule has 3 rings (SSSR count). The van der Waals surface area contributed by atoms with Gasteiger partial charge < -0.3 is 20.5 Å². The number of hydrogen-bond acceptors (Lipinski definition) is 10. The molecule has 1 saturated heterocycles. The molecule has 0 aromatic carbocycles. The Balaban J connectivity index is 1.66. The van der Waals surface area contributed by atoms with Gasteiger partial charge in [-0.25, -0.2) is 4.39 Å². The summed E-state index contributed by atoms with van der Waals surface area (Å²) >= 11 is 0. The van der Waals surface area contributed by atoms with Crippen molar-refractivity contribution in [3.63, 3.8) is 0 Å². The number of carbonyl (C=O) groups excluding carboxylic acids is 2. The van der Waals surface area contributed by atoms with Crippen LogP contribution >= 0.6 is 0 Å². The lowest BCUT2D eigenvalue weighted by atomic mass is 9.87. The van der Waals surface area contributed by atoms with Gasteiger partial charge in [0.15, 0.2) is 6.17 Å². The van der Waals surface area contributed by atoms with Crippen LogP contribution in [-0.2, 0) is 14.3 Å². The number of esters is 1. The van der Waals surface area contributed by atoms with Gasteiger partial charge >= 0.3 is 5.97 Å². The molecule has 176 valence electrons. The van der Waals surface area contributed by atoms with E-state index in [1.807, 2.05) is 0 Å². The number of alkyl halides is 1. The largest absolute Gasteiger partial charge is 0.488 e. The number of amides is 1. The van der Waals surface area contributed by atoms with Crippen molar-refractivity contribution in [3.8, 4) is 5.75 Å². The number of nitrogens with zero attached hydrogens (tertiary/aromatic N) is 2. The van der Waals surface area contributed by atoms with Gasteiger partial charge in [-0.3, -0.25) is 25.2 Å². The zero-order valence-electron chi connectivity index (χ0n) is 17.8. The zero-order chi connectivity index (χ0) is 23.1. The molecule has 2 fully saturated rings. The summed E-state index contributed by atoms with van der Waals surface area (Å²) in [6, 6.07) is 1.62. The highest BCUT2D eigenvalue weighted by Gasteiger charge is 2.37. The topological polar surface area (TPSA) is 157 Å². The van der Waals surface area contributed by atoms with Crippen molar-refractivity contribution in [2.24, 2.45) is 22.7 Å². The summed E-state index contributed by atoms with van der Waals surface area (Å²) in [5.41, 5.74) is 6.09. The maximum Gasteiger partial charge on any atom is 0.308 e. The summed E-state index contributed by atoms with van der Waals surface area (Å²) < 4.78 is 24.3. The van der Waals surface area contributed by atoms with Crippen LogP contribution < -0.4 is 26.4 Å². The van der Waals surface area contributed by atoms with Crippen LogP contribution in [-0.4, -0.2) is 61.7 Å². The number of ether oxygens (including phenoxy) is 2. The summed E-state index contributed by atoms with van der Waals surface area (Å²) in [6.07, 6.45) is 2.30. The number of aromatic nitrogens is 1. The number of nitrogens with two attached hydrogens (primary N) is 1. The van der Waals surface area contributed by atoms with E-state index in [1.54, 1.807) is 6.07 Å². The van der Waals surface area contributed by atoms with Crippen molar-refractivity contribution in [2.45, 2.75) is 50.3 Å². The number of anilines is 1. The number of carbonyl (C=O) groups is 2. The van der Waals surface area contributed by atoms with E-state index in [4.69, 9.17) is 15.2 Å². The van der Waals surface area contributed by atoms with Gasteiger partial charge in [0.05, 0.1) is 31.5 Å². The smallest absolute Gasteiger partial charge is 0.308 e. The predicted molar refractivity (Wildman–Crippen MR) is 113 cm³/mol. The van der Waals surface area contributed by atoms with Gasteiger partial charge in [0.2, 0.25) is 5.91 Å². The van der Waals surface area contributed by atoms with Gasteiger partial charge in [0, 0.05) is 25.4 Å². The highest BCUT2D eigenvalue weighted by atomic mass is 19.1. The number of pyridine rings is 1. The first kappa shape index (κ1) is 24.0. The maximum absolute atomic E-state index is 13.4. The SMILES string of the molecule is COC(=O)[C@H]1CC[C@@H](Oc2ccncc2NC(=O)C(C(N)N=O)C2NCC(F)CN2)CC1. The van der Waals surface area contributed by atoms with Crippen molar-refractivity contribution in [3.05, 3.63) is 23.4 Å². The molecule has 1 aromatic rings. The zero-order valence-corrected chi connectivity index (χ0v) is 17.8. The summed E-state index contributed by atoms with van der Waals surface area (Å²) in [5, 5.41) is 11.2. The van der Waals surface area contributed by atoms with Crippen LogP contribution in [0.5, 0.6) is 5.75 Å². The maximum atomic E-state index is 13.4. The van der Waals surface area contributed by atoms with E-state index in [0.29, 0.717) is 37.1 Å². The summed E-state index contributed by atoms with van der Waals surface area (Å²) in [5.74, 6) is -1.59. The standard InChI is InChI=1S/C20H29FN6O5/c1-31-20(29)11-2-4-13(5-3-11)32-15-6-7-23-10-14(15)26-19(28)16(17(22)27-30)18-24-8-12(21)9-25-18/h6-7,10-13,16-18,24-25H,2-5,8-9,22H2,1H3,(H,26,28)/t11-,12?,13+,16?,17?,18?. The van der Waals surface area contributed by atoms with Gasteiger partial charge in [-0.15, -0.1) is 4.91 Å². The van der Waals surface area contributed by atoms with Crippen molar-refractivity contribution in [1.82, 2.24) is 15.6 Å². The Morgan fingerprint density at radius 3 is 2.59 bits per heavy atom. The number of methoxy groups -OCH3 is 1. The van der Waals surface area contributed by atoms with Crippen LogP contribution in [0, 0.1) is 16.7 Å². The van der Waals surface area contributed by atoms with E-state index in [0.717, 1.165) is 0 Å². The third kappa shape index (κ3) is 5.96. The molecule has 1 amide bonds. The molecule has 2 aliphatic rings. The summed E-state index contributed by atoms with van der Waals surface area (Å²) in [4.78, 5) is 39.8. The second-order valence-corrected chi connectivity index (χ2v) is 7.99. The van der Waals surface area contributed by atoms with Crippen LogP contribution in [0.4, 0.5) is 10.1 Å². The Hall–Kier alpha value is -2.70. The van der Waals surface area contributed by atoms with E-state index < -0.39 is 30.3 Å². The predicted octanol–water partition coefficient (Wildman–Crippen LogP) is 0.655. The number of rotatable bonds is 8. The third-order valence-electron chi connectivity index (χ3n) is 5.81. The van der Waals surface area contributed by atoms with Crippen LogP contribution in [0.1, 0.15) is 25.7 Å². The molecule has 0 spiro atoms. The van der Waals surface area contributed by atoms with Crippen molar-refractivity contribution in [2.75, 3.05) is 25.5 Å². The van der Waals surface area contributed by atoms with Gasteiger partial charge in [0.25, 0.3) is 0 Å². The number of nitroso groups, excluding NO2 is 1. The molecule has 2 heterocycles. The van der Waals surface area contributed by atoms with Gasteiger partial charge in [0.1, 0.15) is 23.5 Å². The molecule has 1 aliphatic carbocycles. The van der Waals surface area contributed by atoms with Gasteiger partial charge in [-0.1, -0.05) is 5.18 Å². The minimum absolute atomic E-state index is 0.0303. The second kappa shape index (κ2) is 11.2. The van der Waals surface area contributed by atoms with E-state index in [1.165, 1.54) is 19.5 Å². The van der Waals surface area contributed by atoms with Gasteiger partial charge in [-0.05, 0) is 25.7 Å². The van der Waals surface area contributed by atoms with Crippen molar-refractivity contribution < 1.29 is 23.5 Å². The Labute approximate surface area is 185 Å². The fraction of sp³-hybridized carbons (Fsp3) is 0.650. The molecule has 2 unspecified atom stereocenters. The number of hydrogen-bond donors (Lipinski definition) is 4. The quantitative estimate of drug-likeness (QED) is 0.328. The lowest BCUT2D eigenvalue weighted by molar-refractivity contribution is -0.147. The Morgan fingerprint density at radius 1 is 1.28 bits per heavy atom. The first-order valence-electron chi connectivity index (χ1n) is 10.6. The molecule has 0 radical (unpaired) electrons. The normalized spacial score (nSPS) is 27.6. The monoisotopic (exact) mass is 452 g/mol. The molecule has 32 heavy (non-hydrogen) atoms. The molecule has 1 aliphatic heterocycles. The molecule has 5 N–H and O–H groups in total. The fourth-order valence-corrected chi connectivity index (χ4v) is 4.03. The summed E-state index contributed by atoms with van der Waals surface area (Å²) in [6.45, 7) is 0.0606. The Kier molecular flexibility index (Phi) is 8.42. The molecule has 2 atom stereocenters. The fourth-order valence-electron chi connectivity index (χ4n) is 4.03. The number of nitrogens with one attached hydrogen (secondary N) is 3. The van der Waals surface area contributed by atoms with Crippen molar-refractivity contribution in [1.29, 1.82) is 0 Å². The average Bonchev–Trinajstić information content (AvgIpc) is 2.81. The lowest BCUT2D eigenvalue weighted by Crippen LogP contribution is -2.62. The molecule has 1 saturated carbocycles. The second-order valence-electron chi connectivity index (χ2n) is 7.99. The number of halogens is 1. The van der Waals surface area contributed by atoms with E-state index in [2.05, 4.69) is 26.1 Å². The minimum atomic E-state index is -1.34. The lowest BCUT2D eigenvalue weighted by Gasteiger charge is -2.34.